The van der Waals surface area contributed by atoms with E-state index in [2.05, 4.69) is 42.7 Å². The van der Waals surface area contributed by atoms with E-state index in [1.807, 2.05) is 0 Å². The summed E-state index contributed by atoms with van der Waals surface area (Å²) in [5.74, 6) is 0. The summed E-state index contributed by atoms with van der Waals surface area (Å²) in [6.07, 6.45) is 31.9. The molecule has 0 atom stereocenters. The molecule has 28 heavy (non-hydrogen) atoms. The normalized spacial score (nSPS) is 13.5. The molecule has 0 saturated heterocycles. The molecule has 0 heterocycles. The second-order valence-corrected chi connectivity index (χ2v) is 23.5. The molecule has 0 aromatic carbocycles. The zero-order chi connectivity index (χ0) is 21.0. The van der Waals surface area contributed by atoms with Gasteiger partial charge in [0.05, 0.1) is 0 Å². The molecule has 2 heteroatoms. The fourth-order valence-electron chi connectivity index (χ4n) is 4.29. The minimum atomic E-state index is -1.54. The molecule has 0 N–H and O–H groups in total. The molecule has 0 radical (unpaired) electrons. The van der Waals surface area contributed by atoms with Crippen LogP contribution in [0, 0.1) is 0 Å². The van der Waals surface area contributed by atoms with Crippen LogP contribution in [0.4, 0.5) is 0 Å². The van der Waals surface area contributed by atoms with Crippen molar-refractivity contribution in [1.82, 2.24) is 0 Å². The van der Waals surface area contributed by atoms with Gasteiger partial charge in [0.1, 0.15) is 0 Å². The van der Waals surface area contributed by atoms with E-state index >= 15 is 0 Å². The van der Waals surface area contributed by atoms with Gasteiger partial charge in [0.2, 0.25) is 0 Å². The zero-order valence-electron chi connectivity index (χ0n) is 20.4. The van der Waals surface area contributed by atoms with Crippen molar-refractivity contribution >= 4 is 20.8 Å². The third-order valence-electron chi connectivity index (χ3n) is 6.40. The summed E-state index contributed by atoms with van der Waals surface area (Å²) in [6.45, 7) is 9.76. The standard InChI is InChI=1S/C26H56BrP/c1-5-7-9-11-13-15-17-19-21-23-25-28(3,4,27)26-24-22-20-18-16-14-12-10-8-6-2/h5-26H2,1-4H3. The predicted octanol–water partition coefficient (Wildman–Crippen LogP) is 11.0. The van der Waals surface area contributed by atoms with Crippen molar-refractivity contribution in [2.24, 2.45) is 0 Å². The van der Waals surface area contributed by atoms with Crippen molar-refractivity contribution in [2.75, 3.05) is 25.7 Å². The number of rotatable bonds is 22. The molecule has 0 nitrogen and oxygen atoms in total. The van der Waals surface area contributed by atoms with E-state index in [1.54, 1.807) is 0 Å². The van der Waals surface area contributed by atoms with Crippen molar-refractivity contribution in [1.29, 1.82) is 0 Å². The summed E-state index contributed by atoms with van der Waals surface area (Å²) >= 11 is 4.25. The van der Waals surface area contributed by atoms with Crippen molar-refractivity contribution in [3.05, 3.63) is 0 Å². The quantitative estimate of drug-likeness (QED) is 0.107. The Morgan fingerprint density at radius 3 is 0.857 bits per heavy atom. The van der Waals surface area contributed by atoms with Crippen molar-refractivity contribution in [3.63, 3.8) is 0 Å². The summed E-state index contributed by atoms with van der Waals surface area (Å²) in [5.41, 5.74) is 0. The van der Waals surface area contributed by atoms with Crippen LogP contribution in [-0.4, -0.2) is 25.7 Å². The summed E-state index contributed by atoms with van der Waals surface area (Å²) in [6, 6.07) is 0. The van der Waals surface area contributed by atoms with Crippen LogP contribution in [0.1, 0.15) is 142 Å². The van der Waals surface area contributed by atoms with E-state index in [9.17, 15) is 0 Å². The minimum absolute atomic E-state index is 1.37. The number of hydrogen-bond acceptors (Lipinski definition) is 0. The summed E-state index contributed by atoms with van der Waals surface area (Å²) in [4.78, 5) is 0. The molecule has 0 spiro atoms. The molecular weight excluding hydrogens is 423 g/mol. The van der Waals surface area contributed by atoms with Crippen LogP contribution in [0.15, 0.2) is 0 Å². The molecule has 0 aliphatic rings. The predicted molar refractivity (Wildman–Crippen MR) is 141 cm³/mol. The third-order valence-corrected chi connectivity index (χ3v) is 11.9. The van der Waals surface area contributed by atoms with E-state index in [-0.39, 0.29) is 0 Å². The third kappa shape index (κ3) is 21.6. The Balaban J connectivity index is 3.51. The monoisotopic (exact) mass is 478 g/mol. The van der Waals surface area contributed by atoms with Crippen LogP contribution >= 0.6 is 20.8 Å². The van der Waals surface area contributed by atoms with E-state index in [1.165, 1.54) is 141 Å². The Labute approximate surface area is 188 Å². The molecule has 0 rings (SSSR count). The fraction of sp³-hybridized carbons (Fsp3) is 1.00. The second kappa shape index (κ2) is 18.7. The molecule has 0 aliphatic carbocycles. The SMILES string of the molecule is CCCCCCCCCCCCP(C)(C)(Br)CCCCCCCCCCCC. The number of hydrogen-bond donors (Lipinski definition) is 0. The van der Waals surface area contributed by atoms with Crippen LogP contribution in [0.5, 0.6) is 0 Å². The van der Waals surface area contributed by atoms with Gasteiger partial charge in [0.25, 0.3) is 0 Å². The van der Waals surface area contributed by atoms with Crippen LogP contribution in [0.25, 0.3) is 0 Å². The van der Waals surface area contributed by atoms with E-state index < -0.39 is 5.31 Å². The van der Waals surface area contributed by atoms with E-state index in [0.717, 1.165) is 0 Å². The van der Waals surface area contributed by atoms with Crippen LogP contribution < -0.4 is 0 Å². The maximum absolute atomic E-state index is 4.25. The Hall–Kier alpha value is 0.910. The van der Waals surface area contributed by atoms with Gasteiger partial charge in [-0.3, -0.25) is 0 Å². The van der Waals surface area contributed by atoms with E-state index in [0.29, 0.717) is 0 Å². The Morgan fingerprint density at radius 2 is 0.607 bits per heavy atom. The van der Waals surface area contributed by atoms with Crippen LogP contribution in [0.2, 0.25) is 0 Å². The first-order valence-electron chi connectivity index (χ1n) is 13.1. The zero-order valence-corrected chi connectivity index (χ0v) is 22.9. The molecule has 0 bridgehead atoms. The Kier molecular flexibility index (Phi) is 19.3. The van der Waals surface area contributed by atoms with Gasteiger partial charge in [0.15, 0.2) is 0 Å². The van der Waals surface area contributed by atoms with E-state index in [4.69, 9.17) is 0 Å². The van der Waals surface area contributed by atoms with Crippen molar-refractivity contribution in [2.45, 2.75) is 142 Å². The molecule has 172 valence electrons. The van der Waals surface area contributed by atoms with Gasteiger partial charge in [-0.15, -0.1) is 0 Å². The fourth-order valence-corrected chi connectivity index (χ4v) is 8.41. The average Bonchev–Trinajstić information content (AvgIpc) is 2.64. The molecule has 0 aliphatic heterocycles. The number of unbranched alkanes of at least 4 members (excludes halogenated alkanes) is 18. The molecule has 0 aromatic rings. The van der Waals surface area contributed by atoms with Crippen molar-refractivity contribution in [3.8, 4) is 0 Å². The van der Waals surface area contributed by atoms with Gasteiger partial charge in [0, 0.05) is 0 Å². The second-order valence-electron chi connectivity index (χ2n) is 10.3. The van der Waals surface area contributed by atoms with Gasteiger partial charge >= 0.3 is 189 Å². The molecule has 0 fully saturated rings. The van der Waals surface area contributed by atoms with Crippen LogP contribution in [-0.2, 0) is 0 Å². The Morgan fingerprint density at radius 1 is 0.393 bits per heavy atom. The summed E-state index contributed by atoms with van der Waals surface area (Å²) in [5, 5.41) is -1.54. The first-order chi connectivity index (χ1) is 13.4. The summed E-state index contributed by atoms with van der Waals surface area (Å²) in [7, 11) is 0. The van der Waals surface area contributed by atoms with Crippen molar-refractivity contribution < 1.29 is 0 Å². The molecule has 0 aromatic heterocycles. The topological polar surface area (TPSA) is 0 Å². The maximum atomic E-state index is 4.25. The molecule has 0 amide bonds. The average molecular weight is 480 g/mol. The van der Waals surface area contributed by atoms with Gasteiger partial charge in [-0.2, -0.15) is 0 Å². The molecular formula is C26H56BrP. The Bertz CT molecular complexity index is 290. The number of halogens is 1. The van der Waals surface area contributed by atoms with Gasteiger partial charge in [-0.25, -0.2) is 0 Å². The van der Waals surface area contributed by atoms with Gasteiger partial charge < -0.3 is 0 Å². The first kappa shape index (κ1) is 28.9. The summed E-state index contributed by atoms with van der Waals surface area (Å²) < 4.78 is 0. The first-order valence-corrected chi connectivity index (χ1v) is 18.6. The van der Waals surface area contributed by atoms with Gasteiger partial charge in [-0.1, -0.05) is 0 Å². The van der Waals surface area contributed by atoms with Gasteiger partial charge in [-0.05, 0) is 0 Å². The molecule has 0 saturated carbocycles. The molecule has 0 unspecified atom stereocenters. The van der Waals surface area contributed by atoms with Crippen LogP contribution in [0.3, 0.4) is 0 Å².